The van der Waals surface area contributed by atoms with Crippen molar-refractivity contribution in [2.45, 2.75) is 6.18 Å². The first kappa shape index (κ1) is 10.4. The molecule has 84 valence electrons. The molecule has 2 heterocycles. The van der Waals surface area contributed by atoms with Crippen LogP contribution in [-0.4, -0.2) is 15.1 Å². The molecule has 0 bridgehead atoms. The lowest BCUT2D eigenvalue weighted by atomic mass is 10.2. The van der Waals surface area contributed by atoms with Crippen molar-refractivity contribution in [2.75, 3.05) is 5.73 Å². The summed E-state index contributed by atoms with van der Waals surface area (Å²) in [6.07, 6.45) is -3.73. The molecule has 5 nitrogen and oxygen atoms in total. The number of nitrogens with zero attached hydrogens (tertiary/aromatic N) is 3. The highest BCUT2D eigenvalue weighted by atomic mass is 19.4. The Morgan fingerprint density at radius 1 is 1.25 bits per heavy atom. The van der Waals surface area contributed by atoms with E-state index in [4.69, 9.17) is 5.73 Å². The summed E-state index contributed by atoms with van der Waals surface area (Å²) < 4.78 is 41.3. The van der Waals surface area contributed by atoms with Gasteiger partial charge in [0.25, 0.3) is 11.8 Å². The van der Waals surface area contributed by atoms with E-state index in [1.165, 1.54) is 0 Å². The van der Waals surface area contributed by atoms with Crippen LogP contribution in [0.2, 0.25) is 0 Å². The minimum absolute atomic E-state index is 0.0220. The van der Waals surface area contributed by atoms with Crippen LogP contribution in [0.4, 0.5) is 19.1 Å². The minimum Gasteiger partial charge on any atom is -0.365 e. The highest BCUT2D eigenvalue weighted by Gasteiger charge is 2.30. The fourth-order valence-electron chi connectivity index (χ4n) is 1.03. The number of nitrogens with two attached hydrogens (primary N) is 1. The number of anilines is 1. The second-order valence-corrected chi connectivity index (χ2v) is 2.89. The molecular formula is C8H5F3N4O. The van der Waals surface area contributed by atoms with Crippen molar-refractivity contribution in [2.24, 2.45) is 0 Å². The third kappa shape index (κ3) is 1.95. The Kier molecular flexibility index (Phi) is 2.26. The summed E-state index contributed by atoms with van der Waals surface area (Å²) in [6, 6.07) is 2.01. The van der Waals surface area contributed by atoms with Crippen LogP contribution in [0, 0.1) is 0 Å². The van der Waals surface area contributed by atoms with Gasteiger partial charge >= 0.3 is 6.18 Å². The van der Waals surface area contributed by atoms with Gasteiger partial charge in [0, 0.05) is 6.20 Å². The van der Waals surface area contributed by atoms with E-state index in [0.29, 0.717) is 6.20 Å². The predicted octanol–water partition coefficient (Wildman–Crippen LogP) is 1.73. The zero-order valence-electron chi connectivity index (χ0n) is 7.69. The summed E-state index contributed by atoms with van der Waals surface area (Å²) in [5, 5.41) is 3.29. The average Bonchev–Trinajstić information content (AvgIpc) is 2.64. The molecule has 0 aliphatic heterocycles. The number of rotatable bonds is 1. The average molecular weight is 230 g/mol. The van der Waals surface area contributed by atoms with Crippen molar-refractivity contribution in [3.8, 4) is 11.6 Å². The Hall–Kier alpha value is -2.12. The SMILES string of the molecule is Nc1noc(-c2ccc(C(F)(F)F)cn2)n1. The summed E-state index contributed by atoms with van der Waals surface area (Å²) in [5.74, 6) is -0.122. The molecule has 0 aliphatic carbocycles. The monoisotopic (exact) mass is 230 g/mol. The van der Waals surface area contributed by atoms with Gasteiger partial charge in [-0.3, -0.25) is 4.98 Å². The first-order chi connectivity index (χ1) is 7.47. The minimum atomic E-state index is -4.42. The molecular weight excluding hydrogens is 225 g/mol. The molecule has 2 aromatic rings. The van der Waals surface area contributed by atoms with E-state index in [-0.39, 0.29) is 17.5 Å². The standard InChI is InChI=1S/C8H5F3N4O/c9-8(10,11)4-1-2-5(13-3-4)6-14-7(12)15-16-6/h1-3H,(H2,12,15). The molecule has 0 radical (unpaired) electrons. The Labute approximate surface area is 87.1 Å². The first-order valence-electron chi connectivity index (χ1n) is 4.09. The van der Waals surface area contributed by atoms with E-state index in [1.807, 2.05) is 0 Å². The molecule has 2 N–H and O–H groups in total. The molecule has 0 saturated carbocycles. The largest absolute Gasteiger partial charge is 0.417 e. The van der Waals surface area contributed by atoms with E-state index in [2.05, 4.69) is 19.6 Å². The van der Waals surface area contributed by atoms with Crippen molar-refractivity contribution in [3.63, 3.8) is 0 Å². The predicted molar refractivity (Wildman–Crippen MR) is 46.9 cm³/mol. The van der Waals surface area contributed by atoms with Crippen LogP contribution in [0.3, 0.4) is 0 Å². The Bertz CT molecular complexity index is 491. The molecule has 0 fully saturated rings. The van der Waals surface area contributed by atoms with Crippen molar-refractivity contribution in [1.82, 2.24) is 15.1 Å². The fraction of sp³-hybridized carbons (Fsp3) is 0.125. The van der Waals surface area contributed by atoms with Crippen molar-refractivity contribution in [3.05, 3.63) is 23.9 Å². The molecule has 2 rings (SSSR count). The Morgan fingerprint density at radius 2 is 2.00 bits per heavy atom. The number of hydrogen-bond donors (Lipinski definition) is 1. The van der Waals surface area contributed by atoms with Gasteiger partial charge in [0.1, 0.15) is 5.69 Å². The molecule has 0 spiro atoms. The van der Waals surface area contributed by atoms with Gasteiger partial charge in [-0.25, -0.2) is 0 Å². The van der Waals surface area contributed by atoms with Crippen molar-refractivity contribution >= 4 is 5.95 Å². The van der Waals surface area contributed by atoms with E-state index in [9.17, 15) is 13.2 Å². The van der Waals surface area contributed by atoms with Crippen LogP contribution in [-0.2, 0) is 6.18 Å². The molecule has 2 aromatic heterocycles. The van der Waals surface area contributed by atoms with E-state index >= 15 is 0 Å². The number of halogens is 3. The van der Waals surface area contributed by atoms with Gasteiger partial charge in [0.05, 0.1) is 5.56 Å². The van der Waals surface area contributed by atoms with E-state index in [1.54, 1.807) is 0 Å². The maximum absolute atomic E-state index is 12.2. The van der Waals surface area contributed by atoms with Gasteiger partial charge in [-0.05, 0) is 17.3 Å². The molecule has 0 amide bonds. The van der Waals surface area contributed by atoms with Crippen LogP contribution in [0.1, 0.15) is 5.56 Å². The fourth-order valence-corrected chi connectivity index (χ4v) is 1.03. The number of alkyl halides is 3. The Morgan fingerprint density at radius 3 is 2.44 bits per heavy atom. The summed E-state index contributed by atoms with van der Waals surface area (Å²) in [4.78, 5) is 7.19. The van der Waals surface area contributed by atoms with Gasteiger partial charge in [-0.15, -0.1) is 0 Å². The number of aromatic nitrogens is 3. The molecule has 0 atom stereocenters. The highest BCUT2D eigenvalue weighted by Crippen LogP contribution is 2.29. The summed E-state index contributed by atoms with van der Waals surface area (Å²) in [7, 11) is 0. The van der Waals surface area contributed by atoms with Crippen LogP contribution >= 0.6 is 0 Å². The summed E-state index contributed by atoms with van der Waals surface area (Å²) in [6.45, 7) is 0. The normalized spacial score (nSPS) is 11.7. The molecule has 0 aliphatic rings. The maximum atomic E-state index is 12.2. The van der Waals surface area contributed by atoms with Crippen molar-refractivity contribution < 1.29 is 17.7 Å². The van der Waals surface area contributed by atoms with Crippen LogP contribution < -0.4 is 5.73 Å². The van der Waals surface area contributed by atoms with Gasteiger partial charge in [0.2, 0.25) is 0 Å². The lowest BCUT2D eigenvalue weighted by Crippen LogP contribution is -2.05. The summed E-state index contributed by atoms with van der Waals surface area (Å²) in [5.41, 5.74) is 4.48. The van der Waals surface area contributed by atoms with Crippen LogP contribution in [0.25, 0.3) is 11.6 Å². The Balaban J connectivity index is 2.33. The lowest BCUT2D eigenvalue weighted by molar-refractivity contribution is -0.137. The van der Waals surface area contributed by atoms with E-state index in [0.717, 1.165) is 12.1 Å². The summed E-state index contributed by atoms with van der Waals surface area (Å²) >= 11 is 0. The third-order valence-electron chi connectivity index (χ3n) is 1.75. The zero-order chi connectivity index (χ0) is 11.8. The second-order valence-electron chi connectivity index (χ2n) is 2.89. The van der Waals surface area contributed by atoms with Gasteiger partial charge in [-0.1, -0.05) is 0 Å². The number of hydrogen-bond acceptors (Lipinski definition) is 5. The van der Waals surface area contributed by atoms with E-state index < -0.39 is 11.7 Å². The zero-order valence-corrected chi connectivity index (χ0v) is 7.69. The van der Waals surface area contributed by atoms with Crippen LogP contribution in [0.5, 0.6) is 0 Å². The number of pyridine rings is 1. The number of nitrogen functional groups attached to an aromatic ring is 1. The smallest absolute Gasteiger partial charge is 0.365 e. The molecule has 0 saturated heterocycles. The van der Waals surface area contributed by atoms with Crippen LogP contribution in [0.15, 0.2) is 22.9 Å². The molecule has 16 heavy (non-hydrogen) atoms. The second kappa shape index (κ2) is 3.47. The van der Waals surface area contributed by atoms with Crippen molar-refractivity contribution in [1.29, 1.82) is 0 Å². The molecule has 8 heteroatoms. The quantitative estimate of drug-likeness (QED) is 0.807. The topological polar surface area (TPSA) is 77.8 Å². The first-order valence-corrected chi connectivity index (χ1v) is 4.09. The molecule has 0 unspecified atom stereocenters. The maximum Gasteiger partial charge on any atom is 0.417 e. The van der Waals surface area contributed by atoms with Gasteiger partial charge in [0.15, 0.2) is 0 Å². The molecule has 0 aromatic carbocycles. The lowest BCUT2D eigenvalue weighted by Gasteiger charge is -2.04. The van der Waals surface area contributed by atoms with Gasteiger partial charge < -0.3 is 10.3 Å². The highest BCUT2D eigenvalue weighted by molar-refractivity contribution is 5.48. The van der Waals surface area contributed by atoms with Gasteiger partial charge in [-0.2, -0.15) is 18.2 Å². The third-order valence-corrected chi connectivity index (χ3v) is 1.75.